The molecule has 0 amide bonds. The quantitative estimate of drug-likeness (QED) is 0.121. The second-order valence-corrected chi connectivity index (χ2v) is 26.6. The molecule has 0 spiro atoms. The highest BCUT2D eigenvalue weighted by Gasteiger charge is 2.53. The maximum absolute atomic E-state index is 11.0. The highest BCUT2D eigenvalue weighted by Crippen LogP contribution is 2.62. The molecule has 2 aliphatic rings. The topological polar surface area (TPSA) is 95.2 Å². The molecule has 0 saturated carbocycles. The van der Waals surface area contributed by atoms with Crippen LogP contribution in [0, 0.1) is 45.3 Å². The van der Waals surface area contributed by atoms with Gasteiger partial charge >= 0.3 is 0 Å². The molecule has 0 N–H and O–H groups in total. The molecule has 10 rings (SSSR count). The fourth-order valence-electron chi connectivity index (χ4n) is 11.3. The maximum Gasteiger partial charge on any atom is 0.118 e. The number of nitriles is 4. The van der Waals surface area contributed by atoms with Crippen LogP contribution in [0.2, 0.25) is 25.2 Å². The normalized spacial score (nSPS) is 14.8. The third-order valence-electron chi connectivity index (χ3n) is 14.3. The molecule has 0 radical (unpaired) electrons. The Morgan fingerprint density at radius 1 is 0.271 bits per heavy atom. The van der Waals surface area contributed by atoms with E-state index in [9.17, 15) is 21.0 Å². The lowest BCUT2D eigenvalue weighted by molar-refractivity contribution is 1.32. The monoisotopic (exact) mass is 926 g/mol. The summed E-state index contributed by atoms with van der Waals surface area (Å²) in [5, 5.41) is 48.7. The summed E-state index contributed by atoms with van der Waals surface area (Å²) in [4.78, 5) is 0. The van der Waals surface area contributed by atoms with Crippen molar-refractivity contribution in [3.05, 3.63) is 285 Å². The minimum Gasteiger partial charge on any atom is -0.192 e. The van der Waals surface area contributed by atoms with Gasteiger partial charge in [0, 0.05) is 0 Å². The van der Waals surface area contributed by atoms with Crippen LogP contribution in [-0.2, 0) is 0 Å². The van der Waals surface area contributed by atoms with Gasteiger partial charge in [-0.05, 0) is 112 Å². The summed E-state index contributed by atoms with van der Waals surface area (Å²) in [7, 11) is -6.44. The lowest BCUT2D eigenvalue weighted by atomic mass is 9.88. The number of hydrogen-bond donors (Lipinski definition) is 0. The van der Waals surface area contributed by atoms with Crippen molar-refractivity contribution >= 4 is 59.2 Å². The van der Waals surface area contributed by atoms with E-state index in [2.05, 4.69) is 159 Å². The zero-order valence-corrected chi connectivity index (χ0v) is 41.0. The molecule has 2 heterocycles. The molecule has 8 aromatic rings. The second-order valence-electron chi connectivity index (χ2n) is 18.3. The van der Waals surface area contributed by atoms with E-state index in [1.807, 2.05) is 97.1 Å². The first-order chi connectivity index (χ1) is 34.4. The molecule has 2 aliphatic heterocycles. The summed E-state index contributed by atoms with van der Waals surface area (Å²) in [5.41, 5.74) is 14.5. The van der Waals surface area contributed by atoms with Crippen LogP contribution in [0.5, 0.6) is 0 Å². The average molecular weight is 927 g/mol. The van der Waals surface area contributed by atoms with Gasteiger partial charge in [-0.1, -0.05) is 219 Å². The molecule has 0 aromatic heterocycles. The highest BCUT2D eigenvalue weighted by atomic mass is 28.3. The van der Waals surface area contributed by atoms with E-state index in [0.717, 1.165) is 87.6 Å². The van der Waals surface area contributed by atoms with Gasteiger partial charge < -0.3 is 0 Å². The second kappa shape index (κ2) is 19.0. The molecule has 8 aromatic carbocycles. The molecule has 0 fully saturated rings. The van der Waals surface area contributed by atoms with Crippen molar-refractivity contribution in [2.75, 3.05) is 0 Å². The minimum absolute atomic E-state index is 0.598. The third kappa shape index (κ3) is 7.60. The Kier molecular flexibility index (Phi) is 12.2. The summed E-state index contributed by atoms with van der Waals surface area (Å²) < 4.78 is 0. The van der Waals surface area contributed by atoms with Crippen molar-refractivity contribution in [2.45, 2.75) is 25.2 Å². The van der Waals surface area contributed by atoms with E-state index in [1.165, 1.54) is 0 Å². The Labute approximate surface area is 412 Å². The fourth-order valence-corrected chi connectivity index (χ4v) is 23.4. The van der Waals surface area contributed by atoms with Crippen LogP contribution in [-0.4, -0.2) is 16.1 Å². The SMILES string of the molecule is C[Si]1(CC[Si]2(C)C(c3ccccc3C#N)=C(c3ccccc3)C(c3ccccc3)=C2c2ccccc2C#N)C(c2ccccc2C#N)=C(c2ccccc2)C(c2ccccc2)=C1c1ccccc1C#N. The van der Waals surface area contributed by atoms with Crippen molar-refractivity contribution in [3.8, 4) is 24.3 Å². The lowest BCUT2D eigenvalue weighted by Gasteiger charge is -2.37. The van der Waals surface area contributed by atoms with Crippen LogP contribution in [0.1, 0.15) is 66.8 Å². The summed E-state index contributed by atoms with van der Waals surface area (Å²) >= 11 is 0. The Morgan fingerprint density at radius 3 is 0.657 bits per heavy atom. The first-order valence-corrected chi connectivity index (χ1v) is 29.0. The summed E-state index contributed by atoms with van der Waals surface area (Å²) in [6.07, 6.45) is 0. The smallest absolute Gasteiger partial charge is 0.118 e. The van der Waals surface area contributed by atoms with E-state index >= 15 is 0 Å². The Balaban J connectivity index is 1.36. The first-order valence-electron chi connectivity index (χ1n) is 23.6. The molecule has 4 nitrogen and oxygen atoms in total. The van der Waals surface area contributed by atoms with Gasteiger partial charge in [-0.3, -0.25) is 0 Å². The fraction of sp³-hybridized carbons (Fsp3) is 0.0625. The largest absolute Gasteiger partial charge is 0.192 e. The van der Waals surface area contributed by atoms with Crippen molar-refractivity contribution in [3.63, 3.8) is 0 Å². The summed E-state index contributed by atoms with van der Waals surface area (Å²) in [6.45, 7) is 4.92. The van der Waals surface area contributed by atoms with Gasteiger partial charge in [0.2, 0.25) is 0 Å². The van der Waals surface area contributed by atoms with Crippen LogP contribution in [0.25, 0.3) is 43.1 Å². The van der Waals surface area contributed by atoms with Crippen LogP contribution in [0.15, 0.2) is 218 Å². The molecule has 0 bridgehead atoms. The van der Waals surface area contributed by atoms with Crippen LogP contribution in [0.3, 0.4) is 0 Å². The van der Waals surface area contributed by atoms with Gasteiger partial charge in [-0.2, -0.15) is 21.0 Å². The minimum atomic E-state index is -3.22. The van der Waals surface area contributed by atoms with E-state index in [0.29, 0.717) is 34.3 Å². The van der Waals surface area contributed by atoms with Gasteiger partial charge in [0.25, 0.3) is 0 Å². The molecule has 0 unspecified atom stereocenters. The highest BCUT2D eigenvalue weighted by molar-refractivity contribution is 7.17. The number of benzene rings is 8. The third-order valence-corrected chi connectivity index (χ3v) is 23.8. The van der Waals surface area contributed by atoms with E-state index in [-0.39, 0.29) is 0 Å². The molecule has 0 saturated heterocycles. The predicted molar refractivity (Wildman–Crippen MR) is 291 cm³/mol. The Bertz CT molecular complexity index is 3170. The van der Waals surface area contributed by atoms with Crippen molar-refractivity contribution < 1.29 is 0 Å². The van der Waals surface area contributed by atoms with E-state index < -0.39 is 16.1 Å². The van der Waals surface area contributed by atoms with Crippen molar-refractivity contribution in [1.82, 2.24) is 0 Å². The van der Waals surface area contributed by atoms with Gasteiger partial charge in [0.15, 0.2) is 0 Å². The van der Waals surface area contributed by atoms with Crippen molar-refractivity contribution in [2.24, 2.45) is 0 Å². The van der Waals surface area contributed by atoms with Crippen molar-refractivity contribution in [1.29, 1.82) is 21.0 Å². The van der Waals surface area contributed by atoms with Gasteiger partial charge in [0.05, 0.1) is 46.5 Å². The molecule has 0 atom stereocenters. The van der Waals surface area contributed by atoms with E-state index in [4.69, 9.17) is 0 Å². The summed E-state index contributed by atoms with van der Waals surface area (Å²) in [6, 6.07) is 86.0. The number of rotatable bonds is 11. The Morgan fingerprint density at radius 2 is 0.457 bits per heavy atom. The average Bonchev–Trinajstić information content (AvgIpc) is 3.86. The number of hydrogen-bond acceptors (Lipinski definition) is 4. The summed E-state index contributed by atoms with van der Waals surface area (Å²) in [5.74, 6) is 0. The number of nitrogens with zero attached hydrogens (tertiary/aromatic N) is 4. The first kappa shape index (κ1) is 44.9. The predicted octanol–water partition coefficient (Wildman–Crippen LogP) is 15.3. The molecule has 6 heteroatoms. The lowest BCUT2D eigenvalue weighted by Crippen LogP contribution is -2.40. The van der Waals surface area contributed by atoms with Gasteiger partial charge in [-0.25, -0.2) is 0 Å². The van der Waals surface area contributed by atoms with Gasteiger partial charge in [0.1, 0.15) is 16.1 Å². The van der Waals surface area contributed by atoms with Crippen LogP contribution < -0.4 is 0 Å². The molecular weight excluding hydrogens is 881 g/mol. The zero-order chi connectivity index (χ0) is 48.2. The Hall–Kier alpha value is -8.89. The molecule has 70 heavy (non-hydrogen) atoms. The van der Waals surface area contributed by atoms with Crippen LogP contribution in [0.4, 0.5) is 0 Å². The van der Waals surface area contributed by atoms with E-state index in [1.54, 1.807) is 0 Å². The maximum atomic E-state index is 11.0. The standard InChI is InChI=1S/C64H46N4Si2/c1-69(61(53-35-19-15-31-49(53)41-65)57(45-23-7-3-8-24-45)58(46-25-9-4-10-26-46)62(69)54-36-20-16-32-50(54)42-66)39-40-70(2)63(55-37-21-17-33-51(55)43-67)59(47-27-11-5-12-28-47)60(48-29-13-6-14-30-48)64(70)56-38-22-18-34-52(56)44-68/h3-38H,39-40H2,1-2H3. The van der Waals surface area contributed by atoms with Gasteiger partial charge in [-0.15, -0.1) is 0 Å². The molecule has 330 valence electrons. The molecular formula is C64H46N4Si2. The molecule has 0 aliphatic carbocycles. The zero-order valence-electron chi connectivity index (χ0n) is 39.0. The van der Waals surface area contributed by atoms with Crippen LogP contribution >= 0.6 is 0 Å². The number of allylic oxidation sites excluding steroid dienone is 4.